The van der Waals surface area contributed by atoms with Gasteiger partial charge in [-0.15, -0.1) is 0 Å². The van der Waals surface area contributed by atoms with E-state index in [1.165, 1.54) is 12.3 Å². The van der Waals surface area contributed by atoms with E-state index in [1.54, 1.807) is 39.0 Å². The van der Waals surface area contributed by atoms with Crippen LogP contribution >= 0.6 is 0 Å². The van der Waals surface area contributed by atoms with Crippen molar-refractivity contribution in [3.63, 3.8) is 0 Å². The molecule has 1 atom stereocenters. The molecule has 162 valence electrons. The van der Waals surface area contributed by atoms with Gasteiger partial charge in [0.15, 0.2) is 5.37 Å². The summed E-state index contributed by atoms with van der Waals surface area (Å²) in [7, 11) is -4.21. The van der Waals surface area contributed by atoms with Crippen molar-refractivity contribution < 1.29 is 32.6 Å². The van der Waals surface area contributed by atoms with Gasteiger partial charge in [0.2, 0.25) is 9.84 Å². The van der Waals surface area contributed by atoms with Crippen LogP contribution in [0.4, 0.5) is 0 Å². The molecule has 0 spiro atoms. The second-order valence-corrected chi connectivity index (χ2v) is 9.81. The number of esters is 1. The first-order chi connectivity index (χ1) is 14.3. The first kappa shape index (κ1) is 22.2. The van der Waals surface area contributed by atoms with Crippen molar-refractivity contribution in [1.82, 2.24) is 9.88 Å². The summed E-state index contributed by atoms with van der Waals surface area (Å²) in [6, 6.07) is 4.90. The van der Waals surface area contributed by atoms with Gasteiger partial charge in [-0.05, 0) is 45.1 Å². The number of nitrogens with zero attached hydrogens (tertiary/aromatic N) is 2. The predicted octanol–water partition coefficient (Wildman–Crippen LogP) is 1.81. The third kappa shape index (κ3) is 4.06. The number of fused-ring (bicyclic) bond motifs is 1. The number of ether oxygens (including phenoxy) is 1. The summed E-state index contributed by atoms with van der Waals surface area (Å²) in [6.45, 7) is 8.45. The molecule has 3 rings (SSSR count). The number of carbonyl (C=O) groups is 3. The molecule has 2 aliphatic rings. The Hall–Kier alpha value is -3.53. The van der Waals surface area contributed by atoms with Gasteiger partial charge >= 0.3 is 11.9 Å². The number of aromatic nitrogens is 1. The van der Waals surface area contributed by atoms with Crippen LogP contribution in [0.15, 0.2) is 64.9 Å². The van der Waals surface area contributed by atoms with Crippen LogP contribution in [0.25, 0.3) is 6.08 Å². The molecule has 2 aliphatic heterocycles. The zero-order chi connectivity index (χ0) is 23.1. The minimum absolute atomic E-state index is 0.117. The minimum atomic E-state index is -4.21. The Bertz CT molecular complexity index is 1190. The van der Waals surface area contributed by atoms with Crippen molar-refractivity contribution >= 4 is 33.8 Å². The van der Waals surface area contributed by atoms with Gasteiger partial charge < -0.3 is 9.84 Å². The van der Waals surface area contributed by atoms with Gasteiger partial charge in [0.1, 0.15) is 11.3 Å². The minimum Gasteiger partial charge on any atom is -0.477 e. The van der Waals surface area contributed by atoms with E-state index in [1.807, 2.05) is 0 Å². The van der Waals surface area contributed by atoms with Crippen molar-refractivity contribution in [1.29, 1.82) is 0 Å². The largest absolute Gasteiger partial charge is 0.477 e. The van der Waals surface area contributed by atoms with Gasteiger partial charge in [-0.25, -0.2) is 18.0 Å². The molecule has 0 bridgehead atoms. The highest BCUT2D eigenvalue weighted by Crippen LogP contribution is 2.45. The SMILES string of the molecule is C=C1C(/C=C/C(=O)OC(C)(C)C)=C(C(=O)O)N2C(=O)/C(=C/c3ccccn3)[C@H]2S1(=O)=O. The maximum absolute atomic E-state index is 13.0. The fourth-order valence-electron chi connectivity index (χ4n) is 3.13. The smallest absolute Gasteiger partial charge is 0.353 e. The van der Waals surface area contributed by atoms with E-state index in [0.717, 1.165) is 12.2 Å². The molecule has 1 saturated heterocycles. The Morgan fingerprint density at radius 1 is 1.29 bits per heavy atom. The Morgan fingerprint density at radius 3 is 2.52 bits per heavy atom. The van der Waals surface area contributed by atoms with Crippen LogP contribution in [0.2, 0.25) is 0 Å². The molecule has 31 heavy (non-hydrogen) atoms. The highest BCUT2D eigenvalue weighted by molar-refractivity contribution is 7.96. The van der Waals surface area contributed by atoms with Crippen LogP contribution in [0.3, 0.4) is 0 Å². The average molecular weight is 444 g/mol. The molecule has 9 nitrogen and oxygen atoms in total. The lowest BCUT2D eigenvalue weighted by Gasteiger charge is -2.45. The number of amides is 1. The second-order valence-electron chi connectivity index (χ2n) is 7.78. The van der Waals surface area contributed by atoms with E-state index in [9.17, 15) is 27.9 Å². The van der Waals surface area contributed by atoms with Crippen molar-refractivity contribution in [3.8, 4) is 0 Å². The third-order valence-electron chi connectivity index (χ3n) is 4.39. The van der Waals surface area contributed by atoms with E-state index in [0.29, 0.717) is 10.6 Å². The molecule has 0 unspecified atom stereocenters. The molecular weight excluding hydrogens is 424 g/mol. The lowest BCUT2D eigenvalue weighted by Crippen LogP contribution is -2.61. The van der Waals surface area contributed by atoms with E-state index in [4.69, 9.17) is 4.74 Å². The van der Waals surface area contributed by atoms with Gasteiger partial charge in [0, 0.05) is 17.8 Å². The summed E-state index contributed by atoms with van der Waals surface area (Å²) >= 11 is 0. The Kier molecular flexibility index (Phi) is 5.45. The average Bonchev–Trinajstić information content (AvgIpc) is 2.66. The summed E-state index contributed by atoms with van der Waals surface area (Å²) in [4.78, 5) is 40.8. The molecule has 0 radical (unpaired) electrons. The molecule has 1 N–H and O–H groups in total. The Balaban J connectivity index is 2.08. The molecule has 0 aromatic carbocycles. The highest BCUT2D eigenvalue weighted by Gasteiger charge is 2.57. The Morgan fingerprint density at radius 2 is 1.97 bits per heavy atom. The quantitative estimate of drug-likeness (QED) is 0.423. The molecular formula is C21H20N2O7S. The van der Waals surface area contributed by atoms with Crippen LogP contribution in [-0.2, 0) is 29.0 Å². The summed E-state index contributed by atoms with van der Waals surface area (Å²) < 4.78 is 31.2. The van der Waals surface area contributed by atoms with Crippen molar-refractivity contribution in [3.05, 3.63) is 70.6 Å². The van der Waals surface area contributed by atoms with Crippen LogP contribution in [0, 0.1) is 0 Å². The molecule has 0 saturated carbocycles. The summed E-state index contributed by atoms with van der Waals surface area (Å²) in [5, 5.41) is 8.17. The number of carboxylic acid groups (broad SMARTS) is 1. The monoisotopic (exact) mass is 444 g/mol. The molecule has 10 heteroatoms. The topological polar surface area (TPSA) is 131 Å². The molecule has 1 amide bonds. The summed E-state index contributed by atoms with van der Waals surface area (Å²) in [5.41, 5.74) is -1.51. The van der Waals surface area contributed by atoms with Gasteiger partial charge in [0.25, 0.3) is 5.91 Å². The number of allylic oxidation sites excluding steroid dienone is 2. The van der Waals surface area contributed by atoms with Crippen LogP contribution in [0.1, 0.15) is 26.5 Å². The standard InChI is InChI=1S/C21H20N2O7S/c1-12-14(8-9-16(24)30-21(2,3)4)17(20(26)27)23-18(25)15(19(23)31(12,28)29)11-13-7-5-6-10-22-13/h5-11,19H,1H2,2-4H3,(H,26,27)/b9-8+,15-11-/t19-/m1/s1. The lowest BCUT2D eigenvalue weighted by atomic mass is 10.00. The van der Waals surface area contributed by atoms with Gasteiger partial charge in [-0.3, -0.25) is 14.7 Å². The maximum Gasteiger partial charge on any atom is 0.353 e. The first-order valence-electron chi connectivity index (χ1n) is 9.12. The molecule has 3 heterocycles. The third-order valence-corrected chi connectivity index (χ3v) is 6.35. The fraction of sp³-hybridized carbons (Fsp3) is 0.238. The number of sulfone groups is 1. The summed E-state index contributed by atoms with van der Waals surface area (Å²) in [5.74, 6) is -3.12. The van der Waals surface area contributed by atoms with Gasteiger partial charge in [-0.1, -0.05) is 12.6 Å². The normalized spacial score (nSPS) is 21.8. The van der Waals surface area contributed by atoms with Crippen molar-refractivity contribution in [2.45, 2.75) is 31.7 Å². The maximum atomic E-state index is 13.0. The van der Waals surface area contributed by atoms with E-state index < -0.39 is 49.3 Å². The van der Waals surface area contributed by atoms with Gasteiger partial charge in [0.05, 0.1) is 16.2 Å². The van der Waals surface area contributed by atoms with E-state index >= 15 is 0 Å². The van der Waals surface area contributed by atoms with Gasteiger partial charge in [-0.2, -0.15) is 0 Å². The van der Waals surface area contributed by atoms with Crippen molar-refractivity contribution in [2.75, 3.05) is 0 Å². The van der Waals surface area contributed by atoms with Crippen LogP contribution in [0.5, 0.6) is 0 Å². The van der Waals surface area contributed by atoms with E-state index in [-0.39, 0.29) is 11.1 Å². The Labute approximate surface area is 178 Å². The number of hydrogen-bond donors (Lipinski definition) is 1. The van der Waals surface area contributed by atoms with E-state index in [2.05, 4.69) is 11.6 Å². The zero-order valence-electron chi connectivity index (χ0n) is 17.0. The molecule has 1 aromatic heterocycles. The van der Waals surface area contributed by atoms with Crippen LogP contribution < -0.4 is 0 Å². The number of β-lactam (4-membered cyclic amide) rings is 1. The predicted molar refractivity (Wildman–Crippen MR) is 111 cm³/mol. The molecule has 0 aliphatic carbocycles. The number of pyridine rings is 1. The first-order valence-corrected chi connectivity index (χ1v) is 10.7. The molecule has 1 fully saturated rings. The number of aliphatic carboxylic acids is 1. The molecule has 1 aromatic rings. The fourth-order valence-corrected chi connectivity index (χ4v) is 4.85. The number of hydrogen-bond acceptors (Lipinski definition) is 7. The summed E-state index contributed by atoms with van der Waals surface area (Å²) in [6.07, 6.45) is 4.67. The zero-order valence-corrected chi connectivity index (χ0v) is 17.8. The number of carboxylic acids is 1. The van der Waals surface area contributed by atoms with Crippen LogP contribution in [-0.4, -0.2) is 52.2 Å². The number of rotatable bonds is 4. The van der Waals surface area contributed by atoms with Crippen molar-refractivity contribution in [2.24, 2.45) is 0 Å². The highest BCUT2D eigenvalue weighted by atomic mass is 32.2. The second kappa shape index (κ2) is 7.62. The lowest BCUT2D eigenvalue weighted by molar-refractivity contribution is -0.148. The number of carbonyl (C=O) groups excluding carboxylic acids is 2.